The van der Waals surface area contributed by atoms with E-state index in [1.54, 1.807) is 6.92 Å². The van der Waals surface area contributed by atoms with Crippen LogP contribution in [0, 0.1) is 0 Å². The number of carboxylic acids is 1. The largest absolute Gasteiger partial charge is 1.00 e. The van der Waals surface area contributed by atoms with Crippen LogP contribution in [0.1, 0.15) is 13.3 Å². The van der Waals surface area contributed by atoms with Crippen molar-refractivity contribution in [3.8, 4) is 0 Å². The minimum atomic E-state index is -1.08. The fraction of sp³-hybridized carbons (Fsp3) is 0.400. The summed E-state index contributed by atoms with van der Waals surface area (Å²) in [5.74, 6) is -1.21. The highest BCUT2D eigenvalue weighted by Gasteiger charge is 2.05. The minimum absolute atomic E-state index is 0. The Balaban J connectivity index is 0. The van der Waals surface area contributed by atoms with Gasteiger partial charge in [-0.05, 0) is 6.42 Å². The molecular weight excluding hydrogens is 184 g/mol. The third kappa shape index (κ3) is 5.48. The third-order valence-electron chi connectivity index (χ3n) is 0.902. The van der Waals surface area contributed by atoms with E-state index in [0.717, 1.165) is 0 Å². The lowest BCUT2D eigenvalue weighted by molar-refractivity contribution is -0.464. The van der Waals surface area contributed by atoms with Crippen LogP contribution in [0.4, 0.5) is 0 Å². The fourth-order valence-electron chi connectivity index (χ4n) is 0.410. The van der Waals surface area contributed by atoms with Crippen LogP contribution < -0.4 is 29.0 Å². The van der Waals surface area contributed by atoms with Crippen LogP contribution in [0.25, 0.3) is 0 Å². The Hall–Kier alpha value is -1.30. The maximum atomic E-state index is 10.3. The van der Waals surface area contributed by atoms with Gasteiger partial charge in [0.1, 0.15) is 0 Å². The summed E-state index contributed by atoms with van der Waals surface area (Å²) in [4.78, 5) is 10.3. The summed E-state index contributed by atoms with van der Waals surface area (Å²) in [6, 6.07) is 0. The number of hydrogen-bond acceptors (Lipinski definition) is 2. The van der Waals surface area contributed by atoms with Gasteiger partial charge in [-0.15, -0.1) is 5.10 Å². The molecular formula is C5H11ClN4O2. The van der Waals surface area contributed by atoms with Crippen molar-refractivity contribution < 1.29 is 27.4 Å². The molecule has 0 amide bonds. The fourth-order valence-corrected chi connectivity index (χ4v) is 0.410. The second-order valence-corrected chi connectivity index (χ2v) is 1.78. The van der Waals surface area contributed by atoms with E-state index in [1.807, 2.05) is 0 Å². The van der Waals surface area contributed by atoms with E-state index >= 15 is 0 Å². The lowest BCUT2D eigenvalue weighted by Crippen LogP contribution is -3.00. The summed E-state index contributed by atoms with van der Waals surface area (Å²) in [6.45, 7) is 1.67. The van der Waals surface area contributed by atoms with Crippen LogP contribution >= 0.6 is 0 Å². The molecule has 0 rings (SSSR count). The number of guanidine groups is 1. The molecule has 6 N–H and O–H groups in total. The second-order valence-electron chi connectivity index (χ2n) is 1.78. The Morgan fingerprint density at radius 3 is 2.33 bits per heavy atom. The van der Waals surface area contributed by atoms with Gasteiger partial charge in [-0.1, -0.05) is 6.92 Å². The second kappa shape index (κ2) is 6.41. The molecule has 0 aliphatic heterocycles. The molecule has 0 aromatic heterocycles. The molecule has 0 aromatic carbocycles. The Morgan fingerprint density at radius 1 is 1.58 bits per heavy atom. The van der Waals surface area contributed by atoms with Crippen molar-refractivity contribution in [2.75, 3.05) is 0 Å². The lowest BCUT2D eigenvalue weighted by atomic mass is 10.3. The number of carbonyl (C=O) groups is 1. The zero-order valence-corrected chi connectivity index (χ0v) is 7.30. The van der Waals surface area contributed by atoms with E-state index in [2.05, 4.69) is 10.2 Å². The molecule has 0 spiro atoms. The molecule has 0 aliphatic rings. The van der Waals surface area contributed by atoms with Gasteiger partial charge >= 0.3 is 11.9 Å². The maximum absolute atomic E-state index is 10.3. The van der Waals surface area contributed by atoms with E-state index in [-0.39, 0.29) is 24.1 Å². The van der Waals surface area contributed by atoms with Crippen molar-refractivity contribution in [3.05, 3.63) is 0 Å². The number of nitrogens with one attached hydrogen (secondary N) is 1. The molecule has 0 unspecified atom stereocenters. The summed E-state index contributed by atoms with van der Waals surface area (Å²) in [7, 11) is 0. The van der Waals surface area contributed by atoms with Crippen molar-refractivity contribution in [2.24, 2.45) is 16.6 Å². The van der Waals surface area contributed by atoms with Crippen LogP contribution in [0.15, 0.2) is 5.10 Å². The van der Waals surface area contributed by atoms with E-state index in [0.29, 0.717) is 6.42 Å². The predicted molar refractivity (Wildman–Crippen MR) is 39.7 cm³/mol. The number of hydrogen-bond donors (Lipinski definition) is 4. The average Bonchev–Trinajstić information content (AvgIpc) is 1.87. The van der Waals surface area contributed by atoms with Gasteiger partial charge in [-0.25, -0.2) is 4.79 Å². The average molecular weight is 195 g/mol. The van der Waals surface area contributed by atoms with Crippen molar-refractivity contribution in [1.29, 1.82) is 0 Å². The molecule has 12 heavy (non-hydrogen) atoms. The monoisotopic (exact) mass is 194 g/mol. The first-order chi connectivity index (χ1) is 5.07. The normalized spacial score (nSPS) is 9.92. The molecule has 70 valence electrons. The van der Waals surface area contributed by atoms with Gasteiger partial charge < -0.3 is 17.5 Å². The van der Waals surface area contributed by atoms with Gasteiger partial charge in [0, 0.05) is 0 Å². The molecule has 0 atom stereocenters. The maximum Gasteiger partial charge on any atom is 0.362 e. The Labute approximate surface area is 75.7 Å². The van der Waals surface area contributed by atoms with Gasteiger partial charge in [0.15, 0.2) is 5.71 Å². The van der Waals surface area contributed by atoms with E-state index in [4.69, 9.17) is 16.6 Å². The van der Waals surface area contributed by atoms with E-state index in [1.165, 1.54) is 0 Å². The molecule has 0 saturated carbocycles. The summed E-state index contributed by atoms with van der Waals surface area (Å²) in [6.07, 6.45) is 0.315. The topological polar surface area (TPSA) is 116 Å². The first-order valence-electron chi connectivity index (χ1n) is 3.01. The first kappa shape index (κ1) is 13.3. The summed E-state index contributed by atoms with van der Waals surface area (Å²) in [5, 5.41) is 14.0. The summed E-state index contributed by atoms with van der Waals surface area (Å²) < 4.78 is 0. The zero-order chi connectivity index (χ0) is 8.85. The number of nitrogens with zero attached hydrogens (tertiary/aromatic N) is 1. The summed E-state index contributed by atoms with van der Waals surface area (Å²) >= 11 is 0. The SMILES string of the molecule is CC/C(=N\[NH+]=C(N)N)C(=O)O.[Cl-]. The molecule has 0 bridgehead atoms. The number of rotatable bonds is 3. The van der Waals surface area contributed by atoms with Gasteiger partial charge in [0.2, 0.25) is 0 Å². The Kier molecular flexibility index (Phi) is 7.11. The molecule has 0 saturated heterocycles. The minimum Gasteiger partial charge on any atom is -1.00 e. The van der Waals surface area contributed by atoms with Gasteiger partial charge in [-0.3, -0.25) is 11.5 Å². The van der Waals surface area contributed by atoms with Crippen LogP contribution in [0.3, 0.4) is 0 Å². The van der Waals surface area contributed by atoms with Gasteiger partial charge in [0.05, 0.1) is 0 Å². The number of carboxylic acid groups (broad SMARTS) is 1. The van der Waals surface area contributed by atoms with Crippen LogP contribution in [0.2, 0.25) is 0 Å². The highest BCUT2D eigenvalue weighted by Crippen LogP contribution is 1.80. The van der Waals surface area contributed by atoms with E-state index < -0.39 is 5.97 Å². The van der Waals surface area contributed by atoms with Crippen molar-refractivity contribution in [3.63, 3.8) is 0 Å². The Bertz CT molecular complexity index is 209. The number of halogens is 1. The van der Waals surface area contributed by atoms with Crippen LogP contribution in [-0.2, 0) is 4.79 Å². The van der Waals surface area contributed by atoms with Crippen molar-refractivity contribution in [1.82, 2.24) is 0 Å². The third-order valence-corrected chi connectivity index (χ3v) is 0.902. The Morgan fingerprint density at radius 2 is 2.08 bits per heavy atom. The van der Waals surface area contributed by atoms with Crippen LogP contribution in [0.5, 0.6) is 0 Å². The van der Waals surface area contributed by atoms with Crippen molar-refractivity contribution >= 4 is 17.6 Å². The number of aliphatic carboxylic acids is 1. The zero-order valence-electron chi connectivity index (χ0n) is 6.54. The first-order valence-corrected chi connectivity index (χ1v) is 3.01. The van der Waals surface area contributed by atoms with Gasteiger partial charge in [-0.2, -0.15) is 5.10 Å². The molecule has 0 radical (unpaired) electrons. The highest BCUT2D eigenvalue weighted by molar-refractivity contribution is 6.35. The van der Waals surface area contributed by atoms with Crippen molar-refractivity contribution in [2.45, 2.75) is 13.3 Å². The van der Waals surface area contributed by atoms with Gasteiger partial charge in [0.25, 0.3) is 0 Å². The molecule has 7 heteroatoms. The molecule has 0 fully saturated rings. The lowest BCUT2D eigenvalue weighted by Gasteiger charge is -1.89. The molecule has 0 heterocycles. The quantitative estimate of drug-likeness (QED) is 0.204. The highest BCUT2D eigenvalue weighted by atomic mass is 35.5. The summed E-state index contributed by atoms with van der Waals surface area (Å²) in [5.41, 5.74) is 9.94. The molecule has 0 aromatic rings. The number of nitrogens with two attached hydrogens (primary N) is 2. The smallest absolute Gasteiger partial charge is 0.362 e. The standard InChI is InChI=1S/C5H10N4O2.ClH/c1-2-3(4(10)11)8-9-5(6)7;/h2H2,1H3,(H,10,11)(H4,6,7,9);1H/b8-3+;. The molecule has 6 nitrogen and oxygen atoms in total. The van der Waals surface area contributed by atoms with Crippen LogP contribution in [-0.4, -0.2) is 22.7 Å². The van der Waals surface area contributed by atoms with E-state index in [9.17, 15) is 4.79 Å². The molecule has 0 aliphatic carbocycles. The predicted octanol–water partition coefficient (Wildman–Crippen LogP) is -5.80. The number of hydrazone groups is 1.